The summed E-state index contributed by atoms with van der Waals surface area (Å²) in [5.74, 6) is -1.52. The quantitative estimate of drug-likeness (QED) is 0.388. The molecule has 0 spiro atoms. The molecule has 0 aliphatic carbocycles. The van der Waals surface area contributed by atoms with Gasteiger partial charge in [0.1, 0.15) is 11.0 Å². The zero-order valence-electron chi connectivity index (χ0n) is 17.7. The van der Waals surface area contributed by atoms with Crippen molar-refractivity contribution in [2.75, 3.05) is 0 Å². The molecule has 0 amide bonds. The number of hydrogen-bond acceptors (Lipinski definition) is 6. The van der Waals surface area contributed by atoms with Gasteiger partial charge in [0.05, 0.1) is 30.1 Å². The summed E-state index contributed by atoms with van der Waals surface area (Å²) in [5, 5.41) is 27.7. The van der Waals surface area contributed by atoms with Crippen LogP contribution in [0.3, 0.4) is 0 Å². The van der Waals surface area contributed by atoms with Gasteiger partial charge >= 0.3 is 12.1 Å². The first-order chi connectivity index (χ1) is 16.7. The van der Waals surface area contributed by atoms with E-state index >= 15 is 0 Å². The van der Waals surface area contributed by atoms with E-state index in [1.165, 1.54) is 29.2 Å². The summed E-state index contributed by atoms with van der Waals surface area (Å²) in [7, 11) is 0. The van der Waals surface area contributed by atoms with Gasteiger partial charge < -0.3 is 10.2 Å². The molecule has 5 rings (SSSR count). The first-order valence-electron chi connectivity index (χ1n) is 10.2. The maximum atomic E-state index is 12.8. The number of aromatic hydroxyl groups is 1. The third-order valence-electron chi connectivity index (χ3n) is 5.32. The van der Waals surface area contributed by atoms with Crippen molar-refractivity contribution < 1.29 is 28.2 Å². The first kappa shape index (κ1) is 22.1. The number of carboxylic acid groups (broad SMARTS) is 1. The number of alkyl halides is 3. The van der Waals surface area contributed by atoms with Crippen molar-refractivity contribution in [3.63, 3.8) is 0 Å². The van der Waals surface area contributed by atoms with Crippen molar-refractivity contribution >= 4 is 17.0 Å². The second kappa shape index (κ2) is 8.24. The predicted octanol–water partition coefficient (Wildman–Crippen LogP) is 4.15. The summed E-state index contributed by atoms with van der Waals surface area (Å²) in [5.41, 5.74) is 2.09. The summed E-state index contributed by atoms with van der Waals surface area (Å²) in [6, 6.07) is 12.1. The molecule has 0 unspecified atom stereocenters. The Morgan fingerprint density at radius 1 is 0.914 bits per heavy atom. The van der Waals surface area contributed by atoms with E-state index in [9.17, 15) is 23.1 Å². The highest BCUT2D eigenvalue weighted by atomic mass is 19.4. The van der Waals surface area contributed by atoms with Gasteiger partial charge in [0.15, 0.2) is 0 Å². The second-order valence-corrected chi connectivity index (χ2v) is 7.63. The smallest absolute Gasteiger partial charge is 0.416 e. The van der Waals surface area contributed by atoms with Crippen molar-refractivity contribution in [2.45, 2.75) is 12.7 Å². The van der Waals surface area contributed by atoms with Gasteiger partial charge in [0.2, 0.25) is 5.88 Å². The van der Waals surface area contributed by atoms with Gasteiger partial charge in [-0.15, -0.1) is 0 Å². The molecule has 5 aromatic rings. The van der Waals surface area contributed by atoms with Crippen molar-refractivity contribution in [1.29, 1.82) is 0 Å². The molecule has 9 nitrogen and oxygen atoms in total. The number of hydrogen-bond donors (Lipinski definition) is 2. The van der Waals surface area contributed by atoms with Crippen molar-refractivity contribution in [3.05, 3.63) is 83.8 Å². The van der Waals surface area contributed by atoms with Gasteiger partial charge in [0.25, 0.3) is 5.95 Å². The minimum absolute atomic E-state index is 0.0112. The van der Waals surface area contributed by atoms with E-state index in [0.717, 1.165) is 34.1 Å². The Morgan fingerprint density at radius 3 is 2.17 bits per heavy atom. The van der Waals surface area contributed by atoms with E-state index in [4.69, 9.17) is 5.11 Å². The zero-order chi connectivity index (χ0) is 24.7. The van der Waals surface area contributed by atoms with E-state index in [1.807, 2.05) is 12.1 Å². The molecule has 176 valence electrons. The number of aromatic nitrogens is 6. The standard InChI is InChI=1S/C23H15F3N6O3/c24-23(25,26)17-7-5-15(6-8-17)14-3-1-13(2-4-14)11-31-19-18(10-28-31)29-22(30-20(19)33)32-12-16(9-27-32)21(34)35/h1-10,12H,11H2,(H,34,35)(H,29,30,33). The molecule has 2 N–H and O–H groups in total. The van der Waals surface area contributed by atoms with Crippen molar-refractivity contribution in [2.24, 2.45) is 0 Å². The van der Waals surface area contributed by atoms with Crippen LogP contribution in [0.1, 0.15) is 21.5 Å². The summed E-state index contributed by atoms with van der Waals surface area (Å²) in [6.07, 6.45) is -0.570. The molecule has 0 radical (unpaired) electrons. The molecular formula is C23H15F3N6O3. The van der Waals surface area contributed by atoms with Gasteiger partial charge in [-0.2, -0.15) is 28.4 Å². The van der Waals surface area contributed by atoms with Crippen LogP contribution in [0.4, 0.5) is 13.2 Å². The molecule has 0 aliphatic heterocycles. The Hall–Kier alpha value is -4.74. The number of halogens is 3. The van der Waals surface area contributed by atoms with Gasteiger partial charge in [0, 0.05) is 6.20 Å². The third kappa shape index (κ3) is 4.28. The highest BCUT2D eigenvalue weighted by Gasteiger charge is 2.30. The fourth-order valence-electron chi connectivity index (χ4n) is 3.56. The normalized spacial score (nSPS) is 11.7. The number of aromatic carboxylic acids is 1. The van der Waals surface area contributed by atoms with Gasteiger partial charge in [-0.25, -0.2) is 14.5 Å². The van der Waals surface area contributed by atoms with Crippen LogP contribution in [0.25, 0.3) is 28.1 Å². The van der Waals surface area contributed by atoms with Crippen LogP contribution < -0.4 is 0 Å². The Labute approximate surface area is 194 Å². The lowest BCUT2D eigenvalue weighted by Crippen LogP contribution is -2.05. The molecule has 0 bridgehead atoms. The average Bonchev–Trinajstić information content (AvgIpc) is 3.47. The van der Waals surface area contributed by atoms with Crippen molar-refractivity contribution in [3.8, 4) is 23.0 Å². The van der Waals surface area contributed by atoms with Crippen molar-refractivity contribution in [1.82, 2.24) is 29.5 Å². The molecular weight excluding hydrogens is 465 g/mol. The van der Waals surface area contributed by atoms with Crippen LogP contribution in [-0.2, 0) is 12.7 Å². The molecule has 35 heavy (non-hydrogen) atoms. The minimum Gasteiger partial charge on any atom is -0.492 e. The third-order valence-corrected chi connectivity index (χ3v) is 5.32. The fraction of sp³-hybridized carbons (Fsp3) is 0.0870. The largest absolute Gasteiger partial charge is 0.492 e. The minimum atomic E-state index is -4.38. The maximum absolute atomic E-state index is 12.8. The molecule has 0 atom stereocenters. The number of carboxylic acids is 1. The van der Waals surface area contributed by atoms with E-state index in [-0.39, 0.29) is 29.5 Å². The molecule has 0 fully saturated rings. The molecule has 0 saturated heterocycles. The first-order valence-corrected chi connectivity index (χ1v) is 10.2. The maximum Gasteiger partial charge on any atom is 0.416 e. The zero-order valence-corrected chi connectivity index (χ0v) is 17.7. The lowest BCUT2D eigenvalue weighted by molar-refractivity contribution is -0.137. The summed E-state index contributed by atoms with van der Waals surface area (Å²) in [4.78, 5) is 19.4. The van der Waals surface area contributed by atoms with E-state index in [0.29, 0.717) is 11.1 Å². The molecule has 0 saturated carbocycles. The summed E-state index contributed by atoms with van der Waals surface area (Å²) in [6.45, 7) is 0.276. The Kier molecular flexibility index (Phi) is 5.20. The van der Waals surface area contributed by atoms with Gasteiger partial charge in [-0.1, -0.05) is 36.4 Å². The van der Waals surface area contributed by atoms with Crippen LogP contribution in [0.5, 0.6) is 5.88 Å². The van der Waals surface area contributed by atoms with Crippen LogP contribution >= 0.6 is 0 Å². The second-order valence-electron chi connectivity index (χ2n) is 7.63. The highest BCUT2D eigenvalue weighted by Crippen LogP contribution is 2.31. The number of nitrogens with zero attached hydrogens (tertiary/aromatic N) is 6. The molecule has 0 aliphatic rings. The van der Waals surface area contributed by atoms with Crippen LogP contribution in [0.2, 0.25) is 0 Å². The Morgan fingerprint density at radius 2 is 1.57 bits per heavy atom. The average molecular weight is 480 g/mol. The highest BCUT2D eigenvalue weighted by molar-refractivity contribution is 5.87. The van der Waals surface area contributed by atoms with Gasteiger partial charge in [-0.05, 0) is 28.8 Å². The lowest BCUT2D eigenvalue weighted by Gasteiger charge is -2.09. The van der Waals surface area contributed by atoms with Crippen LogP contribution in [0.15, 0.2) is 67.1 Å². The molecule has 3 heterocycles. The summed E-state index contributed by atoms with van der Waals surface area (Å²) >= 11 is 0. The fourth-order valence-corrected chi connectivity index (χ4v) is 3.56. The molecule has 3 aromatic heterocycles. The lowest BCUT2D eigenvalue weighted by atomic mass is 10.0. The Bertz CT molecular complexity index is 1540. The Balaban J connectivity index is 1.38. The topological polar surface area (TPSA) is 119 Å². The van der Waals surface area contributed by atoms with Crippen LogP contribution in [0, 0.1) is 0 Å². The summed E-state index contributed by atoms with van der Waals surface area (Å²) < 4.78 is 41.0. The van der Waals surface area contributed by atoms with E-state index in [2.05, 4.69) is 20.2 Å². The number of carbonyl (C=O) groups is 1. The SMILES string of the molecule is O=C(O)c1cnn(-c2nc(O)c3c(cnn3Cc3ccc(-c4ccc(C(F)(F)F)cc4)cc3)n2)c1. The molecule has 12 heteroatoms. The van der Waals surface area contributed by atoms with E-state index < -0.39 is 17.7 Å². The van der Waals surface area contributed by atoms with Gasteiger partial charge in [-0.3, -0.25) is 4.68 Å². The van der Waals surface area contributed by atoms with E-state index in [1.54, 1.807) is 12.1 Å². The van der Waals surface area contributed by atoms with Crippen LogP contribution in [-0.4, -0.2) is 45.7 Å². The number of rotatable bonds is 5. The predicted molar refractivity (Wildman–Crippen MR) is 117 cm³/mol. The number of fused-ring (bicyclic) bond motifs is 1. The molecule has 2 aromatic carbocycles. The monoisotopic (exact) mass is 480 g/mol. The number of benzene rings is 2.